The van der Waals surface area contributed by atoms with E-state index in [1.807, 2.05) is 6.07 Å². The first kappa shape index (κ1) is 25.3. The molecule has 1 N–H and O–H groups in total. The number of likely N-dealkylation sites (tertiary alicyclic amines) is 1. The first-order chi connectivity index (χ1) is 16.9. The van der Waals surface area contributed by atoms with Crippen LogP contribution < -0.4 is 5.32 Å². The van der Waals surface area contributed by atoms with Crippen LogP contribution in [0.5, 0.6) is 0 Å². The largest absolute Gasteiger partial charge is 0.381 e. The van der Waals surface area contributed by atoms with Crippen molar-refractivity contribution in [2.75, 3.05) is 19.6 Å². The van der Waals surface area contributed by atoms with Crippen molar-refractivity contribution in [3.8, 4) is 11.1 Å². The molecule has 3 aromatic carbocycles. The summed E-state index contributed by atoms with van der Waals surface area (Å²) >= 11 is 0. The fourth-order valence-corrected chi connectivity index (χ4v) is 5.11. The zero-order valence-electron chi connectivity index (χ0n) is 21.9. The summed E-state index contributed by atoms with van der Waals surface area (Å²) in [5.41, 5.74) is 7.75. The molecule has 4 rings (SSSR count). The van der Waals surface area contributed by atoms with Gasteiger partial charge in [0.15, 0.2) is 0 Å². The molecule has 2 nitrogen and oxygen atoms in total. The lowest BCUT2D eigenvalue weighted by atomic mass is 9.88. The van der Waals surface area contributed by atoms with Gasteiger partial charge in [-0.25, -0.2) is 0 Å². The summed E-state index contributed by atoms with van der Waals surface area (Å²) in [5, 5.41) is 3.44. The van der Waals surface area contributed by atoms with E-state index in [0.29, 0.717) is 5.41 Å². The fourth-order valence-electron chi connectivity index (χ4n) is 5.11. The van der Waals surface area contributed by atoms with Gasteiger partial charge in [-0.3, -0.25) is 0 Å². The Balaban J connectivity index is 1.24. The molecular formula is C33H42N2. The number of piperidine rings is 1. The van der Waals surface area contributed by atoms with Gasteiger partial charge in [0.25, 0.3) is 0 Å². The molecule has 0 aliphatic carbocycles. The van der Waals surface area contributed by atoms with Crippen molar-refractivity contribution < 1.29 is 0 Å². The van der Waals surface area contributed by atoms with Gasteiger partial charge < -0.3 is 10.2 Å². The van der Waals surface area contributed by atoms with Gasteiger partial charge in [0, 0.05) is 18.8 Å². The maximum atomic E-state index is 4.22. The lowest BCUT2D eigenvalue weighted by Gasteiger charge is -2.36. The van der Waals surface area contributed by atoms with Crippen LogP contribution in [0.25, 0.3) is 16.8 Å². The fraction of sp³-hybridized carbons (Fsp3) is 0.394. The number of aryl methyl sites for hydroxylation is 1. The topological polar surface area (TPSA) is 15.3 Å². The van der Waals surface area contributed by atoms with Gasteiger partial charge in [-0.1, -0.05) is 106 Å². The van der Waals surface area contributed by atoms with Crippen molar-refractivity contribution in [3.05, 3.63) is 102 Å². The third kappa shape index (κ3) is 7.83. The molecule has 35 heavy (non-hydrogen) atoms. The Morgan fingerprint density at radius 3 is 2.03 bits per heavy atom. The SMILES string of the molecule is C=C(NCc1ccccc1)c1ccc(-c2ccc(CCC3CCN(CC(C)(C)C)CC3)cc2)cc1. The average Bonchev–Trinajstić information content (AvgIpc) is 2.87. The number of nitrogens with zero attached hydrogens (tertiary/aromatic N) is 1. The summed E-state index contributed by atoms with van der Waals surface area (Å²) in [6.45, 7) is 15.8. The Hall–Kier alpha value is -2.84. The monoisotopic (exact) mass is 466 g/mol. The van der Waals surface area contributed by atoms with Crippen LogP contribution in [0.15, 0.2) is 85.4 Å². The predicted molar refractivity (Wildman–Crippen MR) is 151 cm³/mol. The summed E-state index contributed by atoms with van der Waals surface area (Å²) in [6, 6.07) is 28.3. The van der Waals surface area contributed by atoms with Crippen molar-refractivity contribution in [1.82, 2.24) is 10.2 Å². The maximum Gasteiger partial charge on any atom is 0.0400 e. The molecule has 184 valence electrons. The Morgan fingerprint density at radius 2 is 1.43 bits per heavy atom. The molecule has 3 aromatic rings. The first-order valence-electron chi connectivity index (χ1n) is 13.2. The molecule has 0 spiro atoms. The lowest BCUT2D eigenvalue weighted by Crippen LogP contribution is -2.39. The van der Waals surface area contributed by atoms with Gasteiger partial charge in [-0.05, 0) is 77.9 Å². The van der Waals surface area contributed by atoms with Crippen LogP contribution in [0.1, 0.15) is 56.7 Å². The van der Waals surface area contributed by atoms with Crippen LogP contribution in [0.3, 0.4) is 0 Å². The minimum Gasteiger partial charge on any atom is -0.381 e. The van der Waals surface area contributed by atoms with E-state index in [1.165, 1.54) is 67.6 Å². The number of nitrogens with one attached hydrogen (secondary N) is 1. The number of hydrogen-bond donors (Lipinski definition) is 1. The second kappa shape index (κ2) is 11.7. The van der Waals surface area contributed by atoms with Gasteiger partial charge in [-0.15, -0.1) is 0 Å². The Morgan fingerprint density at radius 1 is 0.829 bits per heavy atom. The standard InChI is InChI=1S/C33H42N2/c1-26(34-24-29-8-6-5-7-9-29)30-16-18-32(19-17-30)31-14-12-27(13-15-31)10-11-28-20-22-35(23-21-28)25-33(2,3)4/h5-9,12-19,28,34H,1,10-11,20-25H2,2-4H3. The van der Waals surface area contributed by atoms with Crippen molar-refractivity contribution >= 4 is 5.70 Å². The van der Waals surface area contributed by atoms with Crippen molar-refractivity contribution in [2.24, 2.45) is 11.3 Å². The first-order valence-corrected chi connectivity index (χ1v) is 13.2. The Labute approximate surface area is 213 Å². The number of hydrogen-bond acceptors (Lipinski definition) is 2. The van der Waals surface area contributed by atoms with E-state index in [1.54, 1.807) is 0 Å². The van der Waals surface area contributed by atoms with Crippen LogP contribution in [0.2, 0.25) is 0 Å². The molecule has 1 heterocycles. The molecular weight excluding hydrogens is 424 g/mol. The van der Waals surface area contributed by atoms with E-state index >= 15 is 0 Å². The van der Waals surface area contributed by atoms with E-state index in [9.17, 15) is 0 Å². The van der Waals surface area contributed by atoms with E-state index in [2.05, 4.69) is 110 Å². The molecule has 0 bridgehead atoms. The average molecular weight is 467 g/mol. The smallest absolute Gasteiger partial charge is 0.0400 e. The van der Waals surface area contributed by atoms with Crippen LogP contribution in [0.4, 0.5) is 0 Å². The molecule has 0 atom stereocenters. The van der Waals surface area contributed by atoms with Crippen molar-refractivity contribution in [2.45, 2.75) is 53.0 Å². The minimum absolute atomic E-state index is 0.405. The van der Waals surface area contributed by atoms with Crippen LogP contribution in [-0.4, -0.2) is 24.5 Å². The summed E-state index contributed by atoms with van der Waals surface area (Å²) in [7, 11) is 0. The number of benzene rings is 3. The van der Waals surface area contributed by atoms with E-state index in [4.69, 9.17) is 0 Å². The highest BCUT2D eigenvalue weighted by Crippen LogP contribution is 2.27. The van der Waals surface area contributed by atoms with Gasteiger partial charge in [-0.2, -0.15) is 0 Å². The highest BCUT2D eigenvalue weighted by atomic mass is 15.1. The third-order valence-electron chi connectivity index (χ3n) is 7.12. The van der Waals surface area contributed by atoms with E-state index < -0.39 is 0 Å². The van der Waals surface area contributed by atoms with E-state index in [0.717, 1.165) is 23.7 Å². The summed E-state index contributed by atoms with van der Waals surface area (Å²) in [5.74, 6) is 0.877. The van der Waals surface area contributed by atoms with Gasteiger partial charge >= 0.3 is 0 Å². The Bertz CT molecular complexity index is 1050. The maximum absolute atomic E-state index is 4.22. The number of rotatable bonds is 9. The van der Waals surface area contributed by atoms with Gasteiger partial charge in [0.2, 0.25) is 0 Å². The summed E-state index contributed by atoms with van der Waals surface area (Å²) < 4.78 is 0. The molecule has 1 saturated heterocycles. The zero-order chi connectivity index (χ0) is 24.7. The second-order valence-corrected chi connectivity index (χ2v) is 11.4. The Kier molecular flexibility index (Phi) is 8.46. The second-order valence-electron chi connectivity index (χ2n) is 11.4. The molecule has 0 amide bonds. The molecule has 2 heteroatoms. The molecule has 0 radical (unpaired) electrons. The predicted octanol–water partition coefficient (Wildman–Crippen LogP) is 7.80. The summed E-state index contributed by atoms with van der Waals surface area (Å²) in [4.78, 5) is 2.66. The normalized spacial score (nSPS) is 15.2. The van der Waals surface area contributed by atoms with Gasteiger partial charge in [0.05, 0.1) is 0 Å². The quantitative estimate of drug-likeness (QED) is 0.346. The third-order valence-corrected chi connectivity index (χ3v) is 7.12. The minimum atomic E-state index is 0.405. The molecule has 1 aliphatic heterocycles. The molecule has 1 fully saturated rings. The van der Waals surface area contributed by atoms with Crippen molar-refractivity contribution in [1.29, 1.82) is 0 Å². The highest BCUT2D eigenvalue weighted by molar-refractivity contribution is 5.69. The molecule has 0 saturated carbocycles. The molecule has 0 aromatic heterocycles. The van der Waals surface area contributed by atoms with Gasteiger partial charge in [0.1, 0.15) is 0 Å². The highest BCUT2D eigenvalue weighted by Gasteiger charge is 2.22. The van der Waals surface area contributed by atoms with Crippen LogP contribution in [-0.2, 0) is 13.0 Å². The molecule has 0 unspecified atom stereocenters. The van der Waals surface area contributed by atoms with E-state index in [-0.39, 0.29) is 0 Å². The lowest BCUT2D eigenvalue weighted by molar-refractivity contribution is 0.133. The summed E-state index contributed by atoms with van der Waals surface area (Å²) in [6.07, 6.45) is 5.21. The molecule has 1 aliphatic rings. The van der Waals surface area contributed by atoms with Crippen LogP contribution >= 0.6 is 0 Å². The van der Waals surface area contributed by atoms with Crippen molar-refractivity contribution in [3.63, 3.8) is 0 Å². The zero-order valence-corrected chi connectivity index (χ0v) is 21.9. The van der Waals surface area contributed by atoms with Crippen LogP contribution in [0, 0.1) is 11.3 Å².